The predicted octanol–water partition coefficient (Wildman–Crippen LogP) is 4.39. The van der Waals surface area contributed by atoms with Gasteiger partial charge in [-0.3, -0.25) is 4.79 Å². The number of carbonyl (C=O) groups is 1. The summed E-state index contributed by atoms with van der Waals surface area (Å²) < 4.78 is 0. The van der Waals surface area contributed by atoms with E-state index in [1.165, 1.54) is 44.1 Å². The molecule has 29 heavy (non-hydrogen) atoms. The fraction of sp³-hybridized carbons (Fsp3) is 0.542. The Morgan fingerprint density at radius 1 is 0.897 bits per heavy atom. The Balaban J connectivity index is 1.27. The number of hydrogen-bond donors (Lipinski definition) is 1. The summed E-state index contributed by atoms with van der Waals surface area (Å²) in [7, 11) is 0. The van der Waals surface area contributed by atoms with Crippen LogP contribution in [0.3, 0.4) is 0 Å². The predicted molar refractivity (Wildman–Crippen MR) is 116 cm³/mol. The summed E-state index contributed by atoms with van der Waals surface area (Å²) in [5.74, 6) is 1.53. The third-order valence-corrected chi connectivity index (χ3v) is 6.38. The van der Waals surface area contributed by atoms with Gasteiger partial charge in [0, 0.05) is 19.1 Å². The van der Waals surface area contributed by atoms with Crippen molar-refractivity contribution in [2.24, 2.45) is 5.92 Å². The number of aromatic nitrogens is 2. The van der Waals surface area contributed by atoms with Gasteiger partial charge >= 0.3 is 0 Å². The Labute approximate surface area is 173 Å². The smallest absolute Gasteiger partial charge is 0.272 e. The highest BCUT2D eigenvalue weighted by atomic mass is 16.2. The van der Waals surface area contributed by atoms with Gasteiger partial charge in [-0.05, 0) is 55.7 Å². The molecule has 1 N–H and O–H groups in total. The molecule has 0 spiro atoms. The molecule has 0 bridgehead atoms. The Kier molecular flexibility index (Phi) is 6.75. The van der Waals surface area contributed by atoms with E-state index >= 15 is 0 Å². The minimum absolute atomic E-state index is 0.0856. The summed E-state index contributed by atoms with van der Waals surface area (Å²) in [5.41, 5.74) is 1.85. The van der Waals surface area contributed by atoms with Crippen LogP contribution in [0.25, 0.3) is 0 Å². The quantitative estimate of drug-likeness (QED) is 0.767. The summed E-state index contributed by atoms with van der Waals surface area (Å²) in [6.07, 6.45) is 10.6. The molecule has 2 aromatic rings. The van der Waals surface area contributed by atoms with Crippen LogP contribution in [0.4, 0.5) is 5.82 Å². The average molecular weight is 393 g/mol. The number of hydrogen-bond acceptors (Lipinski definition) is 4. The number of nitrogens with one attached hydrogen (secondary N) is 1. The van der Waals surface area contributed by atoms with E-state index in [0.29, 0.717) is 5.69 Å². The fourth-order valence-corrected chi connectivity index (χ4v) is 4.61. The third-order valence-electron chi connectivity index (χ3n) is 6.38. The van der Waals surface area contributed by atoms with E-state index in [0.717, 1.165) is 44.1 Å². The lowest BCUT2D eigenvalue weighted by molar-refractivity contribution is 0.0927. The molecule has 1 saturated heterocycles. The van der Waals surface area contributed by atoms with Gasteiger partial charge < -0.3 is 10.2 Å². The first-order valence-corrected chi connectivity index (χ1v) is 11.2. The van der Waals surface area contributed by atoms with Crippen molar-refractivity contribution in [1.29, 1.82) is 0 Å². The molecule has 1 aliphatic carbocycles. The van der Waals surface area contributed by atoms with Crippen molar-refractivity contribution >= 4 is 11.7 Å². The van der Waals surface area contributed by atoms with Crippen molar-refractivity contribution in [3.8, 4) is 0 Å². The van der Waals surface area contributed by atoms with Crippen molar-refractivity contribution in [2.75, 3.05) is 18.0 Å². The maximum atomic E-state index is 12.5. The van der Waals surface area contributed by atoms with E-state index < -0.39 is 0 Å². The summed E-state index contributed by atoms with van der Waals surface area (Å²) in [6, 6.07) is 14.8. The van der Waals surface area contributed by atoms with Crippen LogP contribution in [0, 0.1) is 5.92 Å². The Morgan fingerprint density at radius 3 is 2.28 bits per heavy atom. The highest BCUT2D eigenvalue weighted by Crippen LogP contribution is 2.24. The van der Waals surface area contributed by atoms with Crippen molar-refractivity contribution in [3.05, 3.63) is 53.7 Å². The number of amides is 1. The second-order valence-corrected chi connectivity index (χ2v) is 8.56. The maximum Gasteiger partial charge on any atom is 0.272 e. The van der Waals surface area contributed by atoms with Crippen molar-refractivity contribution in [3.63, 3.8) is 0 Å². The van der Waals surface area contributed by atoms with Crippen molar-refractivity contribution in [1.82, 2.24) is 15.5 Å². The van der Waals surface area contributed by atoms with E-state index in [2.05, 4.69) is 50.7 Å². The lowest BCUT2D eigenvalue weighted by atomic mass is 9.90. The summed E-state index contributed by atoms with van der Waals surface area (Å²) in [4.78, 5) is 14.8. The molecule has 2 heterocycles. The number of carbonyl (C=O) groups excluding carboxylic acids is 1. The molecule has 0 radical (unpaired) electrons. The molecule has 5 heteroatoms. The van der Waals surface area contributed by atoms with E-state index in [1.54, 1.807) is 0 Å². The molecule has 4 rings (SSSR count). The number of nitrogens with zero attached hydrogens (tertiary/aromatic N) is 3. The molecule has 1 aliphatic heterocycles. The lowest BCUT2D eigenvalue weighted by Gasteiger charge is -2.32. The topological polar surface area (TPSA) is 58.1 Å². The number of rotatable bonds is 5. The Bertz CT molecular complexity index is 761. The van der Waals surface area contributed by atoms with Gasteiger partial charge in [0.2, 0.25) is 0 Å². The molecule has 2 fully saturated rings. The van der Waals surface area contributed by atoms with Crippen LogP contribution in [0.2, 0.25) is 0 Å². The minimum atomic E-state index is -0.0856. The van der Waals surface area contributed by atoms with Crippen LogP contribution >= 0.6 is 0 Å². The largest absolute Gasteiger partial charge is 0.355 e. The number of piperidine rings is 1. The first kappa shape index (κ1) is 19.9. The van der Waals surface area contributed by atoms with Gasteiger partial charge in [-0.15, -0.1) is 10.2 Å². The van der Waals surface area contributed by atoms with Crippen LogP contribution in [-0.2, 0) is 6.42 Å². The minimum Gasteiger partial charge on any atom is -0.355 e. The van der Waals surface area contributed by atoms with Gasteiger partial charge in [-0.1, -0.05) is 56.0 Å². The molecule has 0 unspecified atom stereocenters. The third kappa shape index (κ3) is 5.55. The zero-order valence-corrected chi connectivity index (χ0v) is 17.2. The first-order valence-electron chi connectivity index (χ1n) is 11.2. The summed E-state index contributed by atoms with van der Waals surface area (Å²) in [5, 5.41) is 11.7. The number of anilines is 1. The van der Waals surface area contributed by atoms with E-state index in [-0.39, 0.29) is 11.9 Å². The van der Waals surface area contributed by atoms with E-state index in [4.69, 9.17) is 0 Å². The van der Waals surface area contributed by atoms with Gasteiger partial charge in [-0.25, -0.2) is 0 Å². The molecular formula is C24H32N4O. The van der Waals surface area contributed by atoms with Gasteiger partial charge in [0.1, 0.15) is 0 Å². The van der Waals surface area contributed by atoms with Gasteiger partial charge in [0.05, 0.1) is 0 Å². The standard InChI is InChI=1S/C24H32N4O/c29-24(25-21-10-6-1-2-7-11-21)22-12-13-23(27-26-22)28-16-14-20(15-17-28)18-19-8-4-3-5-9-19/h3-5,8-9,12-13,20-21H,1-2,6-7,10-11,14-18H2,(H,25,29). The highest BCUT2D eigenvalue weighted by Gasteiger charge is 2.22. The molecule has 1 amide bonds. The van der Waals surface area contributed by atoms with Crippen molar-refractivity contribution in [2.45, 2.75) is 63.8 Å². The number of benzene rings is 1. The average Bonchev–Trinajstić information content (AvgIpc) is 3.04. The zero-order chi connectivity index (χ0) is 19.9. The van der Waals surface area contributed by atoms with Crippen LogP contribution < -0.4 is 10.2 Å². The zero-order valence-electron chi connectivity index (χ0n) is 17.2. The fourth-order valence-electron chi connectivity index (χ4n) is 4.61. The molecular weight excluding hydrogens is 360 g/mol. The molecule has 2 aliphatic rings. The van der Waals surface area contributed by atoms with Crippen LogP contribution in [0.5, 0.6) is 0 Å². The molecule has 1 aromatic carbocycles. The highest BCUT2D eigenvalue weighted by molar-refractivity contribution is 5.92. The summed E-state index contributed by atoms with van der Waals surface area (Å²) >= 11 is 0. The second-order valence-electron chi connectivity index (χ2n) is 8.56. The van der Waals surface area contributed by atoms with Gasteiger partial charge in [-0.2, -0.15) is 0 Å². The van der Waals surface area contributed by atoms with Gasteiger partial charge in [0.15, 0.2) is 11.5 Å². The molecule has 0 atom stereocenters. The summed E-state index contributed by atoms with van der Waals surface area (Å²) in [6.45, 7) is 2.00. The van der Waals surface area contributed by atoms with Crippen LogP contribution in [-0.4, -0.2) is 35.2 Å². The lowest BCUT2D eigenvalue weighted by Crippen LogP contribution is -2.36. The molecule has 5 nitrogen and oxygen atoms in total. The first-order chi connectivity index (χ1) is 14.3. The SMILES string of the molecule is O=C(NC1CCCCCC1)c1ccc(N2CCC(Cc3ccccc3)CC2)nn1. The van der Waals surface area contributed by atoms with E-state index in [9.17, 15) is 4.79 Å². The molecule has 1 saturated carbocycles. The van der Waals surface area contributed by atoms with Crippen LogP contribution in [0.1, 0.15) is 67.4 Å². The van der Waals surface area contributed by atoms with Crippen molar-refractivity contribution < 1.29 is 4.79 Å². The molecule has 1 aromatic heterocycles. The maximum absolute atomic E-state index is 12.5. The Hall–Kier alpha value is -2.43. The normalized spacial score (nSPS) is 19.0. The van der Waals surface area contributed by atoms with Gasteiger partial charge in [0.25, 0.3) is 5.91 Å². The molecule has 154 valence electrons. The van der Waals surface area contributed by atoms with E-state index in [1.807, 2.05) is 12.1 Å². The Morgan fingerprint density at radius 2 is 1.62 bits per heavy atom. The monoisotopic (exact) mass is 392 g/mol. The second kappa shape index (κ2) is 9.86. The van der Waals surface area contributed by atoms with Crippen LogP contribution in [0.15, 0.2) is 42.5 Å².